The number of carboxylic acids is 1. The van der Waals surface area contributed by atoms with E-state index in [0.717, 1.165) is 6.42 Å². The molecule has 0 radical (unpaired) electrons. The number of nitrogens with two attached hydrogens (primary N) is 1. The third-order valence-electron chi connectivity index (χ3n) is 5.05. The molecular formula is C24H35NO10. The molecule has 0 bridgehead atoms. The van der Waals surface area contributed by atoms with Crippen molar-refractivity contribution in [2.45, 2.75) is 71.9 Å². The highest BCUT2D eigenvalue weighted by Gasteiger charge is 2.30. The fourth-order valence-corrected chi connectivity index (χ4v) is 3.33. The molecule has 11 heteroatoms. The molecule has 0 aliphatic carbocycles. The van der Waals surface area contributed by atoms with E-state index in [9.17, 15) is 24.3 Å². The number of carboxylic acid groups (broad SMARTS) is 1. The summed E-state index contributed by atoms with van der Waals surface area (Å²) in [5.74, 6) is -3.12. The van der Waals surface area contributed by atoms with Gasteiger partial charge in [0.15, 0.2) is 11.5 Å². The van der Waals surface area contributed by atoms with Crippen molar-refractivity contribution in [3.8, 4) is 11.5 Å². The maximum absolute atomic E-state index is 12.3. The summed E-state index contributed by atoms with van der Waals surface area (Å²) in [5.41, 5.74) is 6.32. The summed E-state index contributed by atoms with van der Waals surface area (Å²) >= 11 is 0. The van der Waals surface area contributed by atoms with Crippen LogP contribution >= 0.6 is 0 Å². The maximum atomic E-state index is 12.3. The Kier molecular flexibility index (Phi) is 12.6. The third-order valence-corrected chi connectivity index (χ3v) is 5.05. The molecule has 1 aromatic rings. The highest BCUT2D eigenvalue weighted by molar-refractivity contribution is 5.75. The Bertz CT molecular complexity index is 872. The second-order valence-corrected chi connectivity index (χ2v) is 7.92. The first-order chi connectivity index (χ1) is 16.5. The smallest absolute Gasteiger partial charge is 0.480 e. The molecule has 0 saturated heterocycles. The van der Waals surface area contributed by atoms with Crippen LogP contribution in [0.2, 0.25) is 0 Å². The molecule has 3 N–H and O–H groups in total. The normalized spacial score (nSPS) is 14.1. The fraction of sp³-hybridized carbons (Fsp3) is 0.583. The van der Waals surface area contributed by atoms with Crippen LogP contribution in [0, 0.1) is 5.92 Å². The molecule has 1 rings (SSSR count). The van der Waals surface area contributed by atoms with Gasteiger partial charge in [-0.3, -0.25) is 9.59 Å². The molecule has 0 amide bonds. The van der Waals surface area contributed by atoms with Crippen molar-refractivity contribution in [1.82, 2.24) is 0 Å². The molecule has 0 aliphatic heterocycles. The molecule has 11 nitrogen and oxygen atoms in total. The number of hydrogen-bond acceptors (Lipinski definition) is 10. The summed E-state index contributed by atoms with van der Waals surface area (Å²) in [6.07, 6.45) is -1.16. The highest BCUT2D eigenvalue weighted by atomic mass is 16.7. The minimum absolute atomic E-state index is 0.0401. The van der Waals surface area contributed by atoms with E-state index in [2.05, 4.69) is 0 Å². The zero-order chi connectivity index (χ0) is 26.5. The second-order valence-electron chi connectivity index (χ2n) is 7.92. The highest BCUT2D eigenvalue weighted by Crippen LogP contribution is 2.35. The van der Waals surface area contributed by atoms with Gasteiger partial charge in [0.25, 0.3) is 0 Å². The van der Waals surface area contributed by atoms with Gasteiger partial charge in [-0.1, -0.05) is 26.3 Å². The van der Waals surface area contributed by atoms with E-state index in [1.165, 1.54) is 18.2 Å². The lowest BCUT2D eigenvalue weighted by atomic mass is 9.87. The summed E-state index contributed by atoms with van der Waals surface area (Å²) < 4.78 is 25.3. The van der Waals surface area contributed by atoms with Crippen LogP contribution in [-0.2, 0) is 23.8 Å². The van der Waals surface area contributed by atoms with Crippen molar-refractivity contribution in [2.24, 2.45) is 11.7 Å². The standard InChI is InChI=1S/C24H35NO10/c1-6-9-14(4)22(28)33-15(5)12-17(20(25)21(26)27)16-10-11-18(34-23(29)31-7-2)19(13-16)35-24(30)32-8-3/h10-11,13-15,17,20H,6-9,12,25H2,1-5H3,(H,26,27)/t14?,15?,17?,20-/m0/s1. The summed E-state index contributed by atoms with van der Waals surface area (Å²) in [7, 11) is 0. The summed E-state index contributed by atoms with van der Waals surface area (Å²) in [5, 5.41) is 9.56. The lowest BCUT2D eigenvalue weighted by Gasteiger charge is -2.26. The Labute approximate surface area is 204 Å². The predicted molar refractivity (Wildman–Crippen MR) is 124 cm³/mol. The van der Waals surface area contributed by atoms with Crippen LogP contribution < -0.4 is 15.2 Å². The number of aliphatic carboxylic acids is 1. The molecule has 0 spiro atoms. The molecule has 1 aromatic carbocycles. The number of rotatable bonds is 13. The van der Waals surface area contributed by atoms with Crippen LogP contribution in [0.5, 0.6) is 11.5 Å². The number of hydrogen-bond donors (Lipinski definition) is 2. The first-order valence-electron chi connectivity index (χ1n) is 11.6. The topological polar surface area (TPSA) is 161 Å². The van der Waals surface area contributed by atoms with Gasteiger partial charge in [-0.15, -0.1) is 0 Å². The Hall–Kier alpha value is -3.34. The molecule has 0 saturated carbocycles. The largest absolute Gasteiger partial charge is 0.513 e. The summed E-state index contributed by atoms with van der Waals surface area (Å²) in [6.45, 7) is 8.65. The molecule has 0 aliphatic rings. The number of esters is 1. The number of carbonyl (C=O) groups is 4. The van der Waals surface area contributed by atoms with Crippen LogP contribution in [-0.4, -0.2) is 54.7 Å². The SMILES string of the molecule is CCCC(C)C(=O)OC(C)CC(c1ccc(OC(=O)OCC)c(OC(=O)OCC)c1)[C@H](N)C(=O)O. The summed E-state index contributed by atoms with van der Waals surface area (Å²) in [6, 6.07) is 2.76. The van der Waals surface area contributed by atoms with Gasteiger partial charge >= 0.3 is 24.2 Å². The average molecular weight is 498 g/mol. The van der Waals surface area contributed by atoms with Gasteiger partial charge in [-0.2, -0.15) is 0 Å². The number of benzene rings is 1. The van der Waals surface area contributed by atoms with Gasteiger partial charge in [-0.05, 0) is 51.3 Å². The number of ether oxygens (including phenoxy) is 5. The van der Waals surface area contributed by atoms with Crippen LogP contribution in [0.25, 0.3) is 0 Å². The monoisotopic (exact) mass is 497 g/mol. The fourth-order valence-electron chi connectivity index (χ4n) is 3.33. The van der Waals surface area contributed by atoms with E-state index < -0.39 is 36.3 Å². The Balaban J connectivity index is 3.27. The first-order valence-corrected chi connectivity index (χ1v) is 11.6. The van der Waals surface area contributed by atoms with Crippen molar-refractivity contribution in [2.75, 3.05) is 13.2 Å². The van der Waals surface area contributed by atoms with Crippen molar-refractivity contribution in [3.05, 3.63) is 23.8 Å². The quantitative estimate of drug-likeness (QED) is 0.230. The van der Waals surface area contributed by atoms with Crippen molar-refractivity contribution in [1.29, 1.82) is 0 Å². The van der Waals surface area contributed by atoms with Crippen LogP contribution in [0.3, 0.4) is 0 Å². The minimum atomic E-state index is -1.36. The van der Waals surface area contributed by atoms with E-state index >= 15 is 0 Å². The minimum Gasteiger partial charge on any atom is -0.480 e. The lowest BCUT2D eigenvalue weighted by Crippen LogP contribution is -2.38. The van der Waals surface area contributed by atoms with Crippen LogP contribution in [0.1, 0.15) is 65.4 Å². The van der Waals surface area contributed by atoms with E-state index in [4.69, 9.17) is 29.4 Å². The Morgan fingerprint density at radius 1 is 0.943 bits per heavy atom. The van der Waals surface area contributed by atoms with Crippen molar-refractivity contribution < 1.29 is 48.0 Å². The van der Waals surface area contributed by atoms with Gasteiger partial charge in [0.2, 0.25) is 0 Å². The van der Waals surface area contributed by atoms with E-state index in [1.54, 1.807) is 27.7 Å². The van der Waals surface area contributed by atoms with Crippen molar-refractivity contribution >= 4 is 24.2 Å². The zero-order valence-electron chi connectivity index (χ0n) is 20.8. The molecule has 0 aromatic heterocycles. The molecule has 196 valence electrons. The molecule has 0 fully saturated rings. The molecular weight excluding hydrogens is 462 g/mol. The molecule has 4 atom stereocenters. The molecule has 35 heavy (non-hydrogen) atoms. The van der Waals surface area contributed by atoms with Crippen molar-refractivity contribution in [3.63, 3.8) is 0 Å². The lowest BCUT2D eigenvalue weighted by molar-refractivity contribution is -0.153. The first kappa shape index (κ1) is 29.7. The average Bonchev–Trinajstić information content (AvgIpc) is 2.78. The van der Waals surface area contributed by atoms with E-state index in [0.29, 0.717) is 12.0 Å². The summed E-state index contributed by atoms with van der Waals surface area (Å²) in [4.78, 5) is 47.7. The Morgan fingerprint density at radius 3 is 2.03 bits per heavy atom. The molecule has 0 heterocycles. The zero-order valence-corrected chi connectivity index (χ0v) is 20.8. The predicted octanol–water partition coefficient (Wildman–Crippen LogP) is 4.01. The molecule has 3 unspecified atom stereocenters. The van der Waals surface area contributed by atoms with Gasteiger partial charge in [0.1, 0.15) is 6.04 Å². The van der Waals surface area contributed by atoms with E-state index in [-0.39, 0.29) is 43.0 Å². The van der Waals surface area contributed by atoms with Gasteiger partial charge < -0.3 is 34.5 Å². The Morgan fingerprint density at radius 2 is 1.51 bits per heavy atom. The van der Waals surface area contributed by atoms with Gasteiger partial charge in [0, 0.05) is 5.92 Å². The van der Waals surface area contributed by atoms with Crippen LogP contribution in [0.4, 0.5) is 9.59 Å². The van der Waals surface area contributed by atoms with Gasteiger partial charge in [0.05, 0.1) is 25.2 Å². The number of carbonyl (C=O) groups excluding carboxylic acids is 3. The third kappa shape index (κ3) is 9.81. The second kappa shape index (κ2) is 14.8. The maximum Gasteiger partial charge on any atom is 0.513 e. The van der Waals surface area contributed by atoms with Gasteiger partial charge in [-0.25, -0.2) is 9.59 Å². The van der Waals surface area contributed by atoms with Crippen LogP contribution in [0.15, 0.2) is 18.2 Å². The van der Waals surface area contributed by atoms with E-state index in [1.807, 2.05) is 6.92 Å².